The van der Waals surface area contributed by atoms with Crippen molar-refractivity contribution >= 4 is 44.2 Å². The summed E-state index contributed by atoms with van der Waals surface area (Å²) < 4.78 is 47.0. The number of sulfonamides is 1. The quantitative estimate of drug-likeness (QED) is 0.350. The van der Waals surface area contributed by atoms with E-state index in [-0.39, 0.29) is 48.1 Å². The first-order chi connectivity index (χ1) is 18.8. The lowest BCUT2D eigenvalue weighted by molar-refractivity contribution is -0.135. The molecule has 0 saturated carbocycles. The van der Waals surface area contributed by atoms with Gasteiger partial charge in [-0.15, -0.1) is 0 Å². The Morgan fingerprint density at radius 2 is 1.62 bits per heavy atom. The number of halogens is 1. The molecule has 11 heteroatoms. The molecule has 0 aliphatic carbocycles. The number of rotatable bonds is 7. The molecule has 0 radical (unpaired) electrons. The minimum Gasteiger partial charge on any atom is -0.452 e. The van der Waals surface area contributed by atoms with Crippen LogP contribution in [0.5, 0.6) is 0 Å². The summed E-state index contributed by atoms with van der Waals surface area (Å²) in [7, 11) is -3.73. The Kier molecular flexibility index (Phi) is 7.53. The highest BCUT2D eigenvalue weighted by Gasteiger charge is 2.30. The monoisotopic (exact) mass is 548 g/mol. The maximum Gasteiger partial charge on any atom is 0.342 e. The van der Waals surface area contributed by atoms with Crippen molar-refractivity contribution in [2.45, 2.75) is 4.90 Å². The number of aromatic nitrogens is 1. The molecular weight excluding hydrogens is 523 g/mol. The number of carbonyl (C=O) groups excluding carboxylic acids is 2. The minimum absolute atomic E-state index is 0.0415. The van der Waals surface area contributed by atoms with Crippen LogP contribution in [0.3, 0.4) is 0 Å². The van der Waals surface area contributed by atoms with Gasteiger partial charge in [0.15, 0.2) is 6.61 Å². The van der Waals surface area contributed by atoms with Crippen LogP contribution >= 0.6 is 0 Å². The Labute approximate surface area is 224 Å². The van der Waals surface area contributed by atoms with Crippen LogP contribution in [0.2, 0.25) is 0 Å². The Balaban J connectivity index is 1.17. The average molecular weight is 549 g/mol. The zero-order valence-corrected chi connectivity index (χ0v) is 21.6. The third kappa shape index (κ3) is 5.74. The van der Waals surface area contributed by atoms with Crippen molar-refractivity contribution in [3.05, 3.63) is 96.4 Å². The summed E-state index contributed by atoms with van der Waals surface area (Å²) in [5.41, 5.74) is 0.178. The van der Waals surface area contributed by atoms with Crippen molar-refractivity contribution in [2.75, 3.05) is 38.1 Å². The van der Waals surface area contributed by atoms with E-state index in [9.17, 15) is 22.4 Å². The number of ether oxygens (including phenoxy) is 1. The van der Waals surface area contributed by atoms with E-state index >= 15 is 0 Å². The molecule has 1 aliphatic rings. The number of esters is 1. The van der Waals surface area contributed by atoms with Crippen LogP contribution in [0, 0.1) is 5.82 Å². The zero-order chi connectivity index (χ0) is 27.4. The van der Waals surface area contributed by atoms with E-state index in [0.29, 0.717) is 0 Å². The van der Waals surface area contributed by atoms with Crippen LogP contribution in [-0.4, -0.2) is 67.3 Å². The molecule has 4 aromatic rings. The van der Waals surface area contributed by atoms with Crippen LogP contribution in [0.4, 0.5) is 15.9 Å². The predicted octanol–water partition coefficient (Wildman–Crippen LogP) is 3.81. The normalized spacial score (nSPS) is 14.2. The highest BCUT2D eigenvalue weighted by molar-refractivity contribution is 7.89. The summed E-state index contributed by atoms with van der Waals surface area (Å²) >= 11 is 0. The summed E-state index contributed by atoms with van der Waals surface area (Å²) in [5.74, 6) is -1.67. The molecule has 0 spiro atoms. The Hall–Kier alpha value is -4.35. The van der Waals surface area contributed by atoms with Gasteiger partial charge in [0.2, 0.25) is 10.0 Å². The fraction of sp³-hybridized carbons (Fsp3) is 0.179. The SMILES string of the molecule is O=C(OCC(=O)N1CCN(S(=O)(=O)c2ccc3ccccc3c2)CC1)c1cccnc1Nc1ccccc1F. The Bertz CT molecular complexity index is 1640. The van der Waals surface area contributed by atoms with Gasteiger partial charge in [-0.2, -0.15) is 4.31 Å². The Morgan fingerprint density at radius 1 is 0.897 bits per heavy atom. The number of para-hydroxylation sites is 1. The molecule has 5 rings (SSSR count). The lowest BCUT2D eigenvalue weighted by atomic mass is 10.1. The topological polar surface area (TPSA) is 109 Å². The van der Waals surface area contributed by atoms with Crippen molar-refractivity contribution in [3.8, 4) is 0 Å². The van der Waals surface area contributed by atoms with E-state index < -0.39 is 34.3 Å². The summed E-state index contributed by atoms with van der Waals surface area (Å²) in [6.45, 7) is 0.0406. The molecule has 1 N–H and O–H groups in total. The van der Waals surface area contributed by atoms with E-state index in [1.807, 2.05) is 24.3 Å². The fourth-order valence-corrected chi connectivity index (χ4v) is 5.77. The number of nitrogens with zero attached hydrogens (tertiary/aromatic N) is 3. The number of nitrogens with one attached hydrogen (secondary N) is 1. The summed E-state index contributed by atoms with van der Waals surface area (Å²) in [6.07, 6.45) is 1.44. The van der Waals surface area contributed by atoms with E-state index in [4.69, 9.17) is 4.74 Å². The first-order valence-corrected chi connectivity index (χ1v) is 13.7. The molecule has 0 atom stereocenters. The maximum atomic E-state index is 14.0. The van der Waals surface area contributed by atoms with Gasteiger partial charge in [-0.25, -0.2) is 22.6 Å². The molecule has 1 aliphatic heterocycles. The third-order valence-electron chi connectivity index (χ3n) is 6.43. The first kappa shape index (κ1) is 26.3. The largest absolute Gasteiger partial charge is 0.452 e. The zero-order valence-electron chi connectivity index (χ0n) is 20.8. The van der Waals surface area contributed by atoms with Crippen molar-refractivity contribution < 1.29 is 27.1 Å². The molecule has 0 bridgehead atoms. The van der Waals surface area contributed by atoms with Crippen LogP contribution in [-0.2, 0) is 19.6 Å². The number of hydrogen-bond donors (Lipinski definition) is 1. The molecule has 9 nitrogen and oxygen atoms in total. The van der Waals surface area contributed by atoms with E-state index in [0.717, 1.165) is 10.8 Å². The van der Waals surface area contributed by atoms with E-state index in [1.54, 1.807) is 30.3 Å². The smallest absolute Gasteiger partial charge is 0.342 e. The lowest BCUT2D eigenvalue weighted by Gasteiger charge is -2.33. The minimum atomic E-state index is -3.73. The van der Waals surface area contributed by atoms with Crippen LogP contribution < -0.4 is 5.32 Å². The third-order valence-corrected chi connectivity index (χ3v) is 8.33. The maximum absolute atomic E-state index is 14.0. The number of carbonyl (C=O) groups is 2. The lowest BCUT2D eigenvalue weighted by Crippen LogP contribution is -2.51. The van der Waals surface area contributed by atoms with Gasteiger partial charge in [-0.05, 0) is 47.2 Å². The van der Waals surface area contributed by atoms with Crippen LogP contribution in [0.25, 0.3) is 10.8 Å². The van der Waals surface area contributed by atoms with Gasteiger partial charge in [0.1, 0.15) is 17.2 Å². The van der Waals surface area contributed by atoms with E-state index in [1.165, 1.54) is 39.7 Å². The molecule has 2 heterocycles. The van der Waals surface area contributed by atoms with Gasteiger partial charge in [0.25, 0.3) is 5.91 Å². The van der Waals surface area contributed by atoms with Crippen LogP contribution in [0.1, 0.15) is 10.4 Å². The van der Waals surface area contributed by atoms with Gasteiger partial charge in [-0.3, -0.25) is 4.79 Å². The Morgan fingerprint density at radius 3 is 2.38 bits per heavy atom. The molecule has 1 saturated heterocycles. The molecular formula is C28H25FN4O5S. The van der Waals surface area contributed by atoms with Gasteiger partial charge >= 0.3 is 5.97 Å². The second-order valence-electron chi connectivity index (χ2n) is 8.87. The molecule has 1 aromatic heterocycles. The summed E-state index contributed by atoms with van der Waals surface area (Å²) in [6, 6.07) is 21.5. The summed E-state index contributed by atoms with van der Waals surface area (Å²) in [5, 5.41) is 4.55. The summed E-state index contributed by atoms with van der Waals surface area (Å²) in [4.78, 5) is 31.2. The molecule has 1 fully saturated rings. The van der Waals surface area contributed by atoms with Crippen molar-refractivity contribution in [1.82, 2.24) is 14.2 Å². The highest BCUT2D eigenvalue weighted by Crippen LogP contribution is 2.24. The van der Waals surface area contributed by atoms with Crippen molar-refractivity contribution in [2.24, 2.45) is 0 Å². The number of amides is 1. The number of fused-ring (bicyclic) bond motifs is 1. The highest BCUT2D eigenvalue weighted by atomic mass is 32.2. The van der Waals surface area contributed by atoms with Gasteiger partial charge < -0.3 is 15.0 Å². The number of hydrogen-bond acceptors (Lipinski definition) is 7. The van der Waals surface area contributed by atoms with E-state index in [2.05, 4.69) is 10.3 Å². The molecule has 200 valence electrons. The van der Waals surface area contributed by atoms with Gasteiger partial charge in [-0.1, -0.05) is 42.5 Å². The number of piperazine rings is 1. The standard InChI is InChI=1S/C28H25FN4O5S/c29-24-9-3-4-10-25(24)31-27-23(8-5-13-30-27)28(35)38-19-26(34)32-14-16-33(17-15-32)39(36,37)22-12-11-20-6-1-2-7-21(20)18-22/h1-13,18H,14-17,19H2,(H,30,31). The second-order valence-corrected chi connectivity index (χ2v) is 10.8. The fourth-order valence-electron chi connectivity index (χ4n) is 4.31. The van der Waals surface area contributed by atoms with Crippen LogP contribution in [0.15, 0.2) is 90.0 Å². The van der Waals surface area contributed by atoms with Gasteiger partial charge in [0, 0.05) is 32.4 Å². The predicted molar refractivity (Wildman–Crippen MR) is 143 cm³/mol. The number of benzene rings is 3. The van der Waals surface area contributed by atoms with Crippen molar-refractivity contribution in [1.29, 1.82) is 0 Å². The van der Waals surface area contributed by atoms with Gasteiger partial charge in [0.05, 0.1) is 10.6 Å². The number of anilines is 2. The molecule has 1 amide bonds. The average Bonchev–Trinajstić information content (AvgIpc) is 2.97. The molecule has 0 unspecified atom stereocenters. The number of pyridine rings is 1. The molecule has 39 heavy (non-hydrogen) atoms. The van der Waals surface area contributed by atoms with Crippen molar-refractivity contribution in [3.63, 3.8) is 0 Å². The molecule has 3 aromatic carbocycles. The first-order valence-electron chi connectivity index (χ1n) is 12.2. The second kappa shape index (κ2) is 11.2.